The van der Waals surface area contributed by atoms with Gasteiger partial charge in [-0.1, -0.05) is 15.9 Å². The lowest BCUT2D eigenvalue weighted by Gasteiger charge is -2.15. The predicted octanol–water partition coefficient (Wildman–Crippen LogP) is 3.98. The van der Waals surface area contributed by atoms with Crippen molar-refractivity contribution in [3.8, 4) is 0 Å². The molecule has 5 nitrogen and oxygen atoms in total. The number of nitrogens with one attached hydrogen (secondary N) is 2. The van der Waals surface area contributed by atoms with Gasteiger partial charge in [-0.05, 0) is 53.9 Å². The fourth-order valence-corrected chi connectivity index (χ4v) is 2.31. The monoisotopic (exact) mass is 406 g/mol. The number of urea groups is 1. The van der Waals surface area contributed by atoms with E-state index in [-0.39, 0.29) is 18.5 Å². The maximum Gasteiger partial charge on any atom is 0.319 e. The molecule has 0 aliphatic carbocycles. The first-order valence-corrected chi connectivity index (χ1v) is 7.71. The van der Waals surface area contributed by atoms with E-state index in [1.54, 1.807) is 6.07 Å². The van der Waals surface area contributed by atoms with Crippen molar-refractivity contribution in [2.75, 3.05) is 5.32 Å². The summed E-state index contributed by atoms with van der Waals surface area (Å²) in [6.45, 7) is 1.84. The summed E-state index contributed by atoms with van der Waals surface area (Å²) in [5.74, 6) is -0.820. The van der Waals surface area contributed by atoms with Crippen LogP contribution in [0.25, 0.3) is 0 Å². The molecule has 1 rings (SSSR count). The zero-order chi connectivity index (χ0) is 15.1. The van der Waals surface area contributed by atoms with Crippen LogP contribution in [0.1, 0.15) is 26.2 Å². The van der Waals surface area contributed by atoms with E-state index in [0.717, 1.165) is 8.95 Å². The Morgan fingerprint density at radius 1 is 1.35 bits per heavy atom. The third-order valence-electron chi connectivity index (χ3n) is 2.58. The fraction of sp³-hybridized carbons (Fsp3) is 0.385. The van der Waals surface area contributed by atoms with Crippen LogP contribution in [-0.4, -0.2) is 23.1 Å². The van der Waals surface area contributed by atoms with Gasteiger partial charge in [-0.25, -0.2) is 4.79 Å². The standard InChI is InChI=1S/C13H16Br2N2O3/c1-8(3-2-4-12(18)19)16-13(20)17-11-7-9(14)5-6-10(11)15/h5-8H,2-4H2,1H3,(H,18,19)(H2,16,17,20). The van der Waals surface area contributed by atoms with Crippen molar-refractivity contribution < 1.29 is 14.7 Å². The third-order valence-corrected chi connectivity index (χ3v) is 3.77. The Morgan fingerprint density at radius 2 is 2.05 bits per heavy atom. The molecule has 1 aromatic carbocycles. The normalized spacial score (nSPS) is 11.8. The molecule has 0 radical (unpaired) electrons. The highest BCUT2D eigenvalue weighted by atomic mass is 79.9. The largest absolute Gasteiger partial charge is 0.481 e. The first kappa shape index (κ1) is 17.0. The van der Waals surface area contributed by atoms with Gasteiger partial charge in [0.05, 0.1) is 5.69 Å². The average Bonchev–Trinajstić information content (AvgIpc) is 2.33. The highest BCUT2D eigenvalue weighted by molar-refractivity contribution is 9.11. The van der Waals surface area contributed by atoms with Gasteiger partial charge in [0.15, 0.2) is 0 Å². The molecular weight excluding hydrogens is 392 g/mol. The molecule has 7 heteroatoms. The summed E-state index contributed by atoms with van der Waals surface area (Å²) in [4.78, 5) is 22.2. The minimum absolute atomic E-state index is 0.0831. The van der Waals surface area contributed by atoms with E-state index in [0.29, 0.717) is 18.5 Å². The molecule has 0 bridgehead atoms. The Balaban J connectivity index is 2.43. The SMILES string of the molecule is CC(CCCC(=O)O)NC(=O)Nc1cc(Br)ccc1Br. The molecule has 0 aliphatic rings. The first-order valence-electron chi connectivity index (χ1n) is 6.13. The highest BCUT2D eigenvalue weighted by Gasteiger charge is 2.10. The number of benzene rings is 1. The Labute approximate surface area is 134 Å². The lowest BCUT2D eigenvalue weighted by atomic mass is 10.1. The van der Waals surface area contributed by atoms with Gasteiger partial charge in [-0.2, -0.15) is 0 Å². The second kappa shape index (κ2) is 8.26. The van der Waals surface area contributed by atoms with Crippen molar-refractivity contribution in [3.63, 3.8) is 0 Å². The first-order chi connectivity index (χ1) is 9.38. The maximum absolute atomic E-state index is 11.8. The maximum atomic E-state index is 11.8. The van der Waals surface area contributed by atoms with Crippen molar-refractivity contribution in [2.24, 2.45) is 0 Å². The van der Waals surface area contributed by atoms with E-state index in [1.807, 2.05) is 19.1 Å². The summed E-state index contributed by atoms with van der Waals surface area (Å²) in [5.41, 5.74) is 0.662. The molecule has 0 saturated carbocycles. The number of hydrogen-bond donors (Lipinski definition) is 3. The second-order valence-electron chi connectivity index (χ2n) is 4.41. The molecule has 0 saturated heterocycles. The van der Waals surface area contributed by atoms with E-state index in [4.69, 9.17) is 5.11 Å². The predicted molar refractivity (Wildman–Crippen MR) is 84.9 cm³/mol. The summed E-state index contributed by atoms with van der Waals surface area (Å²) in [5, 5.41) is 14.1. The molecule has 0 heterocycles. The van der Waals surface area contributed by atoms with Crippen molar-refractivity contribution in [2.45, 2.75) is 32.2 Å². The summed E-state index contributed by atoms with van der Waals surface area (Å²) in [7, 11) is 0. The Bertz CT molecular complexity index is 495. The van der Waals surface area contributed by atoms with Crippen molar-refractivity contribution in [1.29, 1.82) is 0 Å². The number of hydrogen-bond acceptors (Lipinski definition) is 2. The van der Waals surface area contributed by atoms with Crippen molar-refractivity contribution >= 4 is 49.5 Å². The number of anilines is 1. The zero-order valence-corrected chi connectivity index (χ0v) is 14.1. The number of halogens is 2. The van der Waals surface area contributed by atoms with E-state index in [2.05, 4.69) is 42.5 Å². The van der Waals surface area contributed by atoms with Crippen molar-refractivity contribution in [3.05, 3.63) is 27.1 Å². The van der Waals surface area contributed by atoms with Crippen LogP contribution in [-0.2, 0) is 4.79 Å². The Kier molecular flexibility index (Phi) is 7.01. The van der Waals surface area contributed by atoms with Crippen LogP contribution in [0.5, 0.6) is 0 Å². The number of carboxylic acids is 1. The summed E-state index contributed by atoms with van der Waals surface area (Å²) in [6, 6.07) is 5.09. The lowest BCUT2D eigenvalue weighted by Crippen LogP contribution is -2.36. The van der Waals surface area contributed by atoms with Gasteiger partial charge >= 0.3 is 12.0 Å². The molecule has 1 atom stereocenters. The number of rotatable bonds is 6. The minimum atomic E-state index is -0.820. The van der Waals surface area contributed by atoms with E-state index in [9.17, 15) is 9.59 Å². The van der Waals surface area contributed by atoms with E-state index < -0.39 is 5.97 Å². The summed E-state index contributed by atoms with van der Waals surface area (Å²) < 4.78 is 1.65. The van der Waals surface area contributed by atoms with Gasteiger partial charge < -0.3 is 15.7 Å². The van der Waals surface area contributed by atoms with Gasteiger partial charge in [0, 0.05) is 21.4 Å². The number of carbonyl (C=O) groups is 2. The molecule has 1 unspecified atom stereocenters. The van der Waals surface area contributed by atoms with Gasteiger partial charge in [0.2, 0.25) is 0 Å². The molecule has 2 amide bonds. The molecule has 0 aliphatic heterocycles. The van der Waals surface area contributed by atoms with Gasteiger partial charge in [0.1, 0.15) is 0 Å². The van der Waals surface area contributed by atoms with Crippen LogP contribution >= 0.6 is 31.9 Å². The molecule has 110 valence electrons. The summed E-state index contributed by atoms with van der Waals surface area (Å²) in [6.07, 6.45) is 1.28. The molecule has 1 aromatic rings. The number of aliphatic carboxylic acids is 1. The molecule has 3 N–H and O–H groups in total. The number of amides is 2. The zero-order valence-electron chi connectivity index (χ0n) is 11.0. The van der Waals surface area contributed by atoms with Gasteiger partial charge in [0.25, 0.3) is 0 Å². The van der Waals surface area contributed by atoms with Crippen LogP contribution in [0.15, 0.2) is 27.1 Å². The summed E-state index contributed by atoms with van der Waals surface area (Å²) >= 11 is 6.69. The van der Waals surface area contributed by atoms with Crippen LogP contribution < -0.4 is 10.6 Å². The van der Waals surface area contributed by atoms with E-state index >= 15 is 0 Å². The fourth-order valence-electron chi connectivity index (χ4n) is 1.61. The molecule has 0 fully saturated rings. The number of carboxylic acid groups (broad SMARTS) is 1. The third kappa shape index (κ3) is 6.38. The number of carbonyl (C=O) groups excluding carboxylic acids is 1. The topological polar surface area (TPSA) is 78.4 Å². The molecular formula is C13H16Br2N2O3. The molecule has 20 heavy (non-hydrogen) atoms. The minimum Gasteiger partial charge on any atom is -0.481 e. The Hall–Kier alpha value is -1.08. The van der Waals surface area contributed by atoms with Crippen LogP contribution in [0, 0.1) is 0 Å². The molecule has 0 aromatic heterocycles. The second-order valence-corrected chi connectivity index (χ2v) is 6.18. The smallest absolute Gasteiger partial charge is 0.319 e. The van der Waals surface area contributed by atoms with E-state index in [1.165, 1.54) is 0 Å². The van der Waals surface area contributed by atoms with Gasteiger partial charge in [-0.15, -0.1) is 0 Å². The van der Waals surface area contributed by atoms with Crippen LogP contribution in [0.4, 0.5) is 10.5 Å². The highest BCUT2D eigenvalue weighted by Crippen LogP contribution is 2.26. The Morgan fingerprint density at radius 3 is 2.70 bits per heavy atom. The average molecular weight is 408 g/mol. The molecule has 0 spiro atoms. The quantitative estimate of drug-likeness (QED) is 0.667. The van der Waals surface area contributed by atoms with Crippen LogP contribution in [0.2, 0.25) is 0 Å². The van der Waals surface area contributed by atoms with Crippen molar-refractivity contribution in [1.82, 2.24) is 5.32 Å². The van der Waals surface area contributed by atoms with Crippen LogP contribution in [0.3, 0.4) is 0 Å². The lowest BCUT2D eigenvalue weighted by molar-refractivity contribution is -0.137. The van der Waals surface area contributed by atoms with Gasteiger partial charge in [-0.3, -0.25) is 4.79 Å².